The van der Waals surface area contributed by atoms with Crippen LogP contribution in [0.25, 0.3) is 55.5 Å². The molecule has 0 radical (unpaired) electrons. The minimum Gasteiger partial charge on any atom is -0.452 e. The van der Waals surface area contributed by atoms with Gasteiger partial charge in [-0.3, -0.25) is 4.98 Å². The van der Waals surface area contributed by atoms with Crippen LogP contribution in [0.2, 0.25) is 0 Å². The van der Waals surface area contributed by atoms with E-state index in [4.69, 9.17) is 13.8 Å². The lowest BCUT2D eigenvalue weighted by Crippen LogP contribution is -2.12. The Morgan fingerprint density at radius 1 is 0.789 bits per heavy atom. The Kier molecular flexibility index (Phi) is 5.72. The van der Waals surface area contributed by atoms with E-state index in [0.29, 0.717) is 5.92 Å². The van der Waals surface area contributed by atoms with Crippen LogP contribution in [0.3, 0.4) is 0 Å². The van der Waals surface area contributed by atoms with Crippen LogP contribution in [0.1, 0.15) is 56.9 Å². The number of hydrogen-bond donors (Lipinski definition) is 0. The summed E-state index contributed by atoms with van der Waals surface area (Å²) in [5.41, 5.74) is 8.45. The second-order valence-electron chi connectivity index (χ2n) is 12.1. The highest BCUT2D eigenvalue weighted by Gasteiger charge is 2.24. The summed E-state index contributed by atoms with van der Waals surface area (Å²) in [6, 6.07) is 21.7. The molecule has 0 N–H and O–H groups in total. The molecule has 0 bridgehead atoms. The molecule has 192 valence electrons. The number of aryl methyl sites for hydroxylation is 2. The summed E-state index contributed by atoms with van der Waals surface area (Å²) in [7, 11) is 0. The van der Waals surface area contributed by atoms with Crippen molar-refractivity contribution in [3.05, 3.63) is 89.1 Å². The first kappa shape index (κ1) is 24.5. The molecule has 0 unspecified atom stereocenters. The van der Waals surface area contributed by atoms with E-state index >= 15 is 0 Å². The Labute approximate surface area is 224 Å². The molecule has 0 spiro atoms. The zero-order chi connectivity index (χ0) is 26.8. The molecule has 6 rings (SSSR count). The standard InChI is InChI=1S/C35H35NO2/c1-20(2)16-23-12-13-30-28(17-23)22(4)32(37-30)33-21(3)26-14-15-36-31(34(26)38-33)25-18-24-10-8-9-11-27(24)29(19-25)35(5,6)7/h8-15,17-20H,16H2,1-7H3. The Morgan fingerprint density at radius 2 is 1.53 bits per heavy atom. The topological polar surface area (TPSA) is 39.2 Å². The van der Waals surface area contributed by atoms with Crippen LogP contribution in [0, 0.1) is 19.8 Å². The molecular formula is C35H35NO2. The number of benzene rings is 3. The molecular weight excluding hydrogens is 466 g/mol. The van der Waals surface area contributed by atoms with Crippen molar-refractivity contribution in [1.29, 1.82) is 0 Å². The smallest absolute Gasteiger partial charge is 0.174 e. The first-order valence-corrected chi connectivity index (χ1v) is 13.6. The highest BCUT2D eigenvalue weighted by Crippen LogP contribution is 2.42. The normalized spacial score (nSPS) is 12.4. The van der Waals surface area contributed by atoms with Gasteiger partial charge in [-0.2, -0.15) is 0 Å². The van der Waals surface area contributed by atoms with Crippen LogP contribution >= 0.6 is 0 Å². The highest BCUT2D eigenvalue weighted by atomic mass is 16.4. The van der Waals surface area contributed by atoms with E-state index in [1.54, 1.807) is 0 Å². The van der Waals surface area contributed by atoms with Gasteiger partial charge in [-0.25, -0.2) is 0 Å². The lowest BCUT2D eigenvalue weighted by atomic mass is 9.82. The molecule has 0 amide bonds. The summed E-state index contributed by atoms with van der Waals surface area (Å²) < 4.78 is 13.1. The van der Waals surface area contributed by atoms with Crippen LogP contribution in [0.5, 0.6) is 0 Å². The number of rotatable bonds is 4. The number of nitrogens with zero attached hydrogens (tertiary/aromatic N) is 1. The third kappa shape index (κ3) is 4.01. The van der Waals surface area contributed by atoms with Gasteiger partial charge in [0.2, 0.25) is 0 Å². The molecule has 0 saturated carbocycles. The second kappa shape index (κ2) is 8.87. The van der Waals surface area contributed by atoms with E-state index in [1.165, 1.54) is 21.9 Å². The summed E-state index contributed by atoms with van der Waals surface area (Å²) in [6.07, 6.45) is 2.94. The van der Waals surface area contributed by atoms with E-state index in [0.717, 1.165) is 62.3 Å². The zero-order valence-electron chi connectivity index (χ0n) is 23.4. The largest absolute Gasteiger partial charge is 0.452 e. The lowest BCUT2D eigenvalue weighted by Gasteiger charge is -2.22. The van der Waals surface area contributed by atoms with Crippen molar-refractivity contribution in [3.8, 4) is 22.8 Å². The fraction of sp³-hybridized carbons (Fsp3) is 0.286. The van der Waals surface area contributed by atoms with Gasteiger partial charge in [-0.05, 0) is 83.8 Å². The molecule has 3 aromatic heterocycles. The summed E-state index contributed by atoms with van der Waals surface area (Å²) >= 11 is 0. The quantitative estimate of drug-likeness (QED) is 0.241. The second-order valence-corrected chi connectivity index (χ2v) is 12.1. The molecule has 0 aliphatic carbocycles. The molecule has 3 nitrogen and oxygen atoms in total. The number of aromatic nitrogens is 1. The van der Waals surface area contributed by atoms with Crippen LogP contribution in [0.15, 0.2) is 75.7 Å². The first-order chi connectivity index (χ1) is 18.1. The van der Waals surface area contributed by atoms with Gasteiger partial charge < -0.3 is 8.83 Å². The third-order valence-electron chi connectivity index (χ3n) is 7.65. The summed E-state index contributed by atoms with van der Waals surface area (Å²) in [5, 5.41) is 4.71. The summed E-state index contributed by atoms with van der Waals surface area (Å²) in [6.45, 7) is 15.5. The zero-order valence-corrected chi connectivity index (χ0v) is 23.4. The average molecular weight is 502 g/mol. The van der Waals surface area contributed by atoms with E-state index in [1.807, 2.05) is 12.3 Å². The van der Waals surface area contributed by atoms with Gasteiger partial charge in [0, 0.05) is 33.7 Å². The van der Waals surface area contributed by atoms with Crippen molar-refractivity contribution in [2.75, 3.05) is 0 Å². The maximum absolute atomic E-state index is 6.66. The molecule has 6 aromatic rings. The van der Waals surface area contributed by atoms with Gasteiger partial charge in [-0.1, -0.05) is 65.0 Å². The summed E-state index contributed by atoms with van der Waals surface area (Å²) in [4.78, 5) is 4.84. The van der Waals surface area contributed by atoms with Crippen LogP contribution in [-0.4, -0.2) is 4.98 Å². The molecule has 0 aliphatic rings. The van der Waals surface area contributed by atoms with Gasteiger partial charge in [-0.15, -0.1) is 0 Å². The van der Waals surface area contributed by atoms with E-state index in [-0.39, 0.29) is 5.41 Å². The minimum absolute atomic E-state index is 0.00639. The minimum atomic E-state index is -0.00639. The average Bonchev–Trinajstić information content (AvgIpc) is 3.38. The number of hydrogen-bond acceptors (Lipinski definition) is 3. The van der Waals surface area contributed by atoms with Crippen molar-refractivity contribution >= 4 is 32.7 Å². The van der Waals surface area contributed by atoms with E-state index in [2.05, 4.69) is 103 Å². The Morgan fingerprint density at radius 3 is 2.29 bits per heavy atom. The SMILES string of the molecule is Cc1c(-c2oc3c(-c4cc(C(C)(C)C)c5ccccc5c4)nccc3c2C)oc2ccc(CC(C)C)cc12. The Bertz CT molecular complexity index is 1820. The van der Waals surface area contributed by atoms with Crippen molar-refractivity contribution in [2.24, 2.45) is 5.92 Å². The van der Waals surface area contributed by atoms with E-state index < -0.39 is 0 Å². The molecule has 0 aliphatic heterocycles. The third-order valence-corrected chi connectivity index (χ3v) is 7.65. The fourth-order valence-electron chi connectivity index (χ4n) is 5.72. The van der Waals surface area contributed by atoms with Crippen molar-refractivity contribution in [2.45, 2.75) is 60.3 Å². The van der Waals surface area contributed by atoms with Crippen molar-refractivity contribution in [1.82, 2.24) is 4.98 Å². The number of pyridine rings is 1. The summed E-state index contributed by atoms with van der Waals surface area (Å²) in [5.74, 6) is 2.19. The fourth-order valence-corrected chi connectivity index (χ4v) is 5.72. The van der Waals surface area contributed by atoms with Crippen LogP contribution in [-0.2, 0) is 11.8 Å². The van der Waals surface area contributed by atoms with Gasteiger partial charge in [0.05, 0.1) is 0 Å². The van der Waals surface area contributed by atoms with Gasteiger partial charge in [0.25, 0.3) is 0 Å². The van der Waals surface area contributed by atoms with Gasteiger partial charge in [0.15, 0.2) is 17.1 Å². The molecule has 3 aromatic carbocycles. The maximum atomic E-state index is 6.66. The highest BCUT2D eigenvalue weighted by molar-refractivity contribution is 5.99. The predicted molar refractivity (Wildman–Crippen MR) is 159 cm³/mol. The van der Waals surface area contributed by atoms with Crippen molar-refractivity contribution < 1.29 is 8.83 Å². The number of fused-ring (bicyclic) bond motifs is 3. The molecule has 3 heteroatoms. The van der Waals surface area contributed by atoms with Crippen LogP contribution in [0.4, 0.5) is 0 Å². The first-order valence-electron chi connectivity index (χ1n) is 13.6. The molecule has 0 saturated heterocycles. The molecule has 3 heterocycles. The molecule has 38 heavy (non-hydrogen) atoms. The Balaban J connectivity index is 1.55. The van der Waals surface area contributed by atoms with Gasteiger partial charge in [0.1, 0.15) is 11.3 Å². The monoisotopic (exact) mass is 501 g/mol. The van der Waals surface area contributed by atoms with Gasteiger partial charge >= 0.3 is 0 Å². The Hall–Kier alpha value is -3.85. The van der Waals surface area contributed by atoms with Crippen LogP contribution < -0.4 is 0 Å². The van der Waals surface area contributed by atoms with E-state index in [9.17, 15) is 0 Å². The lowest BCUT2D eigenvalue weighted by molar-refractivity contribution is 0.565. The molecule has 0 fully saturated rings. The van der Waals surface area contributed by atoms with Crippen molar-refractivity contribution in [3.63, 3.8) is 0 Å². The molecule has 0 atom stereocenters. The number of furan rings is 2. The maximum Gasteiger partial charge on any atom is 0.174 e. The predicted octanol–water partition coefficient (Wildman–Crippen LogP) is 10.2.